The molecule has 0 spiro atoms. The van der Waals surface area contributed by atoms with E-state index in [1.165, 1.54) is 4.90 Å². The lowest BCUT2D eigenvalue weighted by molar-refractivity contribution is 0.0827. The highest BCUT2D eigenvalue weighted by Crippen LogP contribution is 2.31. The van der Waals surface area contributed by atoms with E-state index in [4.69, 9.17) is 21.1 Å². The van der Waals surface area contributed by atoms with E-state index in [0.717, 1.165) is 6.42 Å². The third-order valence-electron chi connectivity index (χ3n) is 3.82. The molecule has 0 unspecified atom stereocenters. The van der Waals surface area contributed by atoms with E-state index >= 15 is 0 Å². The van der Waals surface area contributed by atoms with Crippen molar-refractivity contribution in [2.24, 2.45) is 0 Å². The number of methoxy groups -OCH3 is 2. The molecule has 22 heavy (non-hydrogen) atoms. The standard InChI is InChI=1S/C15H22ClN3O3/c1-18(2)15(20)10-5-13(16)14(17-7-10)19-8-12(22-4)6-11(19)9-21-3/h5,7,11-12H,6,8-9H2,1-4H3/t11-,12+/m0/s1. The van der Waals surface area contributed by atoms with Crippen LogP contribution in [0.4, 0.5) is 5.82 Å². The number of hydrogen-bond donors (Lipinski definition) is 0. The van der Waals surface area contributed by atoms with Crippen LogP contribution >= 0.6 is 11.6 Å². The number of nitrogens with zero attached hydrogens (tertiary/aromatic N) is 3. The maximum absolute atomic E-state index is 12.0. The number of carbonyl (C=O) groups is 1. The molecule has 0 aromatic carbocycles. The van der Waals surface area contributed by atoms with Crippen molar-refractivity contribution in [3.63, 3.8) is 0 Å². The zero-order valence-corrected chi connectivity index (χ0v) is 14.1. The van der Waals surface area contributed by atoms with Gasteiger partial charge in [-0.25, -0.2) is 4.98 Å². The van der Waals surface area contributed by atoms with Crippen LogP contribution in [0.5, 0.6) is 0 Å². The SMILES string of the molecule is COC[C@@H]1C[C@@H](OC)CN1c1ncc(C(=O)N(C)C)cc1Cl. The molecular weight excluding hydrogens is 306 g/mol. The summed E-state index contributed by atoms with van der Waals surface area (Å²) < 4.78 is 10.7. The minimum absolute atomic E-state index is 0.120. The number of pyridine rings is 1. The molecule has 6 nitrogen and oxygen atoms in total. The first kappa shape index (κ1) is 17.0. The summed E-state index contributed by atoms with van der Waals surface area (Å²) in [5.74, 6) is 0.546. The first-order valence-corrected chi connectivity index (χ1v) is 7.51. The fourth-order valence-electron chi connectivity index (χ4n) is 2.67. The Labute approximate surface area is 136 Å². The largest absolute Gasteiger partial charge is 0.383 e. The van der Waals surface area contributed by atoms with Gasteiger partial charge in [-0.2, -0.15) is 0 Å². The number of ether oxygens (including phenoxy) is 2. The molecule has 0 N–H and O–H groups in total. The van der Waals surface area contributed by atoms with Gasteiger partial charge in [-0.05, 0) is 12.5 Å². The Morgan fingerprint density at radius 3 is 2.77 bits per heavy atom. The van der Waals surface area contributed by atoms with Gasteiger partial charge in [0.15, 0.2) is 0 Å². The lowest BCUT2D eigenvalue weighted by Crippen LogP contribution is -2.34. The van der Waals surface area contributed by atoms with Crippen LogP contribution in [0, 0.1) is 0 Å². The average molecular weight is 328 g/mol. The van der Waals surface area contributed by atoms with Crippen LogP contribution in [0.25, 0.3) is 0 Å². The van der Waals surface area contributed by atoms with Crippen molar-refractivity contribution < 1.29 is 14.3 Å². The van der Waals surface area contributed by atoms with Gasteiger partial charge < -0.3 is 19.3 Å². The average Bonchev–Trinajstić information content (AvgIpc) is 2.89. The Balaban J connectivity index is 2.26. The second-order valence-corrected chi connectivity index (χ2v) is 5.99. The number of carbonyl (C=O) groups excluding carboxylic acids is 1. The molecule has 1 fully saturated rings. The Morgan fingerprint density at radius 2 is 2.23 bits per heavy atom. The Hall–Kier alpha value is -1.37. The smallest absolute Gasteiger partial charge is 0.254 e. The number of rotatable bonds is 5. The first-order valence-electron chi connectivity index (χ1n) is 7.13. The summed E-state index contributed by atoms with van der Waals surface area (Å²) in [6.45, 7) is 1.29. The van der Waals surface area contributed by atoms with Crippen LogP contribution in [0.2, 0.25) is 5.02 Å². The van der Waals surface area contributed by atoms with Crippen LogP contribution in [-0.2, 0) is 9.47 Å². The Morgan fingerprint density at radius 1 is 1.50 bits per heavy atom. The highest BCUT2D eigenvalue weighted by molar-refractivity contribution is 6.33. The normalized spacial score (nSPS) is 21.2. The molecule has 7 heteroatoms. The fraction of sp³-hybridized carbons (Fsp3) is 0.600. The van der Waals surface area contributed by atoms with Crippen LogP contribution < -0.4 is 4.90 Å². The summed E-state index contributed by atoms with van der Waals surface area (Å²) in [6.07, 6.45) is 2.55. The third kappa shape index (κ3) is 3.51. The van der Waals surface area contributed by atoms with Crippen molar-refractivity contribution in [2.45, 2.75) is 18.6 Å². The summed E-state index contributed by atoms with van der Waals surface area (Å²) in [7, 11) is 6.77. The van der Waals surface area contributed by atoms with Crippen LogP contribution in [-0.4, -0.2) is 69.4 Å². The predicted octanol–water partition coefficient (Wildman–Crippen LogP) is 1.68. The number of hydrogen-bond acceptors (Lipinski definition) is 5. The summed E-state index contributed by atoms with van der Waals surface area (Å²) in [5, 5.41) is 0.463. The van der Waals surface area contributed by atoms with Gasteiger partial charge in [0.05, 0.1) is 29.3 Å². The van der Waals surface area contributed by atoms with Crippen molar-refractivity contribution >= 4 is 23.3 Å². The van der Waals surface area contributed by atoms with Gasteiger partial charge in [0.1, 0.15) is 5.82 Å². The second-order valence-electron chi connectivity index (χ2n) is 5.58. The molecule has 1 aromatic rings. The van der Waals surface area contributed by atoms with Gasteiger partial charge in [-0.3, -0.25) is 4.79 Å². The molecule has 1 amide bonds. The number of amides is 1. The number of anilines is 1. The van der Waals surface area contributed by atoms with Crippen molar-refractivity contribution in [3.05, 3.63) is 22.8 Å². The molecule has 0 radical (unpaired) electrons. The van der Waals surface area contributed by atoms with E-state index in [-0.39, 0.29) is 18.1 Å². The van der Waals surface area contributed by atoms with E-state index in [9.17, 15) is 4.79 Å². The number of aromatic nitrogens is 1. The topological polar surface area (TPSA) is 54.9 Å². The van der Waals surface area contributed by atoms with Gasteiger partial charge in [-0.1, -0.05) is 11.6 Å². The molecule has 1 aromatic heterocycles. The quantitative estimate of drug-likeness (QED) is 0.823. The molecule has 0 bridgehead atoms. The van der Waals surface area contributed by atoms with Crippen molar-refractivity contribution in [1.29, 1.82) is 0 Å². The maximum Gasteiger partial charge on any atom is 0.254 e. The van der Waals surface area contributed by atoms with Crippen molar-refractivity contribution in [1.82, 2.24) is 9.88 Å². The molecule has 122 valence electrons. The van der Waals surface area contributed by atoms with Crippen LogP contribution in [0.1, 0.15) is 16.8 Å². The molecule has 0 saturated carbocycles. The van der Waals surface area contributed by atoms with E-state index in [0.29, 0.717) is 29.6 Å². The van der Waals surface area contributed by atoms with Crippen molar-refractivity contribution in [2.75, 3.05) is 46.4 Å². The summed E-state index contributed by atoms with van der Waals surface area (Å²) in [6, 6.07) is 1.83. The fourth-order valence-corrected chi connectivity index (χ4v) is 2.95. The second kappa shape index (κ2) is 7.26. The zero-order chi connectivity index (χ0) is 16.3. The monoisotopic (exact) mass is 327 g/mol. The lowest BCUT2D eigenvalue weighted by Gasteiger charge is -2.26. The van der Waals surface area contributed by atoms with Gasteiger partial charge >= 0.3 is 0 Å². The molecule has 1 saturated heterocycles. The minimum atomic E-state index is -0.120. The summed E-state index contributed by atoms with van der Waals surface area (Å²) in [4.78, 5) is 20.0. The van der Waals surface area contributed by atoms with Gasteiger partial charge in [0.2, 0.25) is 0 Å². The van der Waals surface area contributed by atoms with Gasteiger partial charge in [-0.15, -0.1) is 0 Å². The van der Waals surface area contributed by atoms with E-state index in [2.05, 4.69) is 9.88 Å². The third-order valence-corrected chi connectivity index (χ3v) is 4.09. The van der Waals surface area contributed by atoms with Crippen LogP contribution in [0.3, 0.4) is 0 Å². The Kier molecular flexibility index (Phi) is 5.61. The Bertz CT molecular complexity index is 539. The highest BCUT2D eigenvalue weighted by atomic mass is 35.5. The van der Waals surface area contributed by atoms with E-state index < -0.39 is 0 Å². The molecule has 1 aliphatic rings. The molecular formula is C15H22ClN3O3. The van der Waals surface area contributed by atoms with Crippen LogP contribution in [0.15, 0.2) is 12.3 Å². The van der Waals surface area contributed by atoms with Gasteiger partial charge in [0.25, 0.3) is 5.91 Å². The predicted molar refractivity (Wildman–Crippen MR) is 85.7 cm³/mol. The molecule has 2 atom stereocenters. The zero-order valence-electron chi connectivity index (χ0n) is 13.4. The number of halogens is 1. The van der Waals surface area contributed by atoms with Gasteiger partial charge in [0, 0.05) is 41.1 Å². The first-order chi connectivity index (χ1) is 10.5. The lowest BCUT2D eigenvalue weighted by atomic mass is 10.2. The highest BCUT2D eigenvalue weighted by Gasteiger charge is 2.34. The minimum Gasteiger partial charge on any atom is -0.383 e. The molecule has 0 aliphatic carbocycles. The van der Waals surface area contributed by atoms with E-state index in [1.54, 1.807) is 40.6 Å². The van der Waals surface area contributed by atoms with E-state index in [1.807, 2.05) is 0 Å². The summed E-state index contributed by atoms with van der Waals surface area (Å²) in [5.41, 5.74) is 0.476. The molecule has 2 heterocycles. The molecule has 2 rings (SSSR count). The maximum atomic E-state index is 12.0. The summed E-state index contributed by atoms with van der Waals surface area (Å²) >= 11 is 6.36. The van der Waals surface area contributed by atoms with Crippen molar-refractivity contribution in [3.8, 4) is 0 Å². The molecule has 1 aliphatic heterocycles.